The minimum atomic E-state index is 0.495. The molecule has 0 unspecified atom stereocenters. The average molecular weight is 258 g/mol. The second-order valence-electron chi connectivity index (χ2n) is 4.02. The molecule has 0 saturated heterocycles. The van der Waals surface area contributed by atoms with Gasteiger partial charge in [0.15, 0.2) is 0 Å². The summed E-state index contributed by atoms with van der Waals surface area (Å²) in [7, 11) is 0. The van der Waals surface area contributed by atoms with E-state index in [9.17, 15) is 0 Å². The lowest BCUT2D eigenvalue weighted by atomic mass is 10.1. The molecule has 0 saturated carbocycles. The Balaban J connectivity index is 2.34. The van der Waals surface area contributed by atoms with E-state index in [0.717, 1.165) is 16.9 Å². The maximum Gasteiger partial charge on any atom is 0.0992 e. The molecule has 2 aromatic rings. The van der Waals surface area contributed by atoms with Gasteiger partial charge in [-0.1, -0.05) is 17.7 Å². The van der Waals surface area contributed by atoms with Crippen LogP contribution in [0.25, 0.3) is 0 Å². The number of nitrogens with zero attached hydrogens (tertiary/aromatic N) is 1. The summed E-state index contributed by atoms with van der Waals surface area (Å²) in [6, 6.07) is 12.9. The fourth-order valence-electron chi connectivity index (χ4n) is 1.61. The van der Waals surface area contributed by atoms with Crippen molar-refractivity contribution in [3.63, 3.8) is 0 Å². The van der Waals surface area contributed by atoms with Crippen molar-refractivity contribution in [2.45, 2.75) is 6.92 Å². The molecule has 0 fully saturated rings. The van der Waals surface area contributed by atoms with Crippen molar-refractivity contribution < 1.29 is 0 Å². The van der Waals surface area contributed by atoms with Gasteiger partial charge in [-0.05, 0) is 42.8 Å². The molecule has 0 aliphatic heterocycles. The third-order valence-electron chi connectivity index (χ3n) is 2.58. The molecular formula is C14H12ClN3. The molecule has 0 spiro atoms. The van der Waals surface area contributed by atoms with Crippen LogP contribution in [0, 0.1) is 18.3 Å². The second-order valence-corrected chi connectivity index (χ2v) is 4.43. The van der Waals surface area contributed by atoms with Crippen LogP contribution in [0.15, 0.2) is 36.4 Å². The largest absolute Gasteiger partial charge is 0.397 e. The maximum absolute atomic E-state index is 8.77. The normalized spacial score (nSPS) is 9.83. The van der Waals surface area contributed by atoms with Crippen LogP contribution >= 0.6 is 11.6 Å². The highest BCUT2D eigenvalue weighted by Crippen LogP contribution is 2.29. The number of anilines is 3. The molecule has 0 amide bonds. The van der Waals surface area contributed by atoms with Crippen molar-refractivity contribution >= 4 is 28.7 Å². The molecule has 4 heteroatoms. The SMILES string of the molecule is Cc1ccc(N)c(Nc2ccc(C#N)cc2Cl)c1. The van der Waals surface area contributed by atoms with Crippen LogP contribution in [0.3, 0.4) is 0 Å². The van der Waals surface area contributed by atoms with Crippen LogP contribution in [0.2, 0.25) is 5.02 Å². The smallest absolute Gasteiger partial charge is 0.0992 e. The molecule has 0 heterocycles. The van der Waals surface area contributed by atoms with Crippen molar-refractivity contribution in [3.8, 4) is 6.07 Å². The lowest BCUT2D eigenvalue weighted by Crippen LogP contribution is -1.97. The monoisotopic (exact) mass is 257 g/mol. The van der Waals surface area contributed by atoms with E-state index in [4.69, 9.17) is 22.6 Å². The zero-order valence-corrected chi connectivity index (χ0v) is 10.6. The van der Waals surface area contributed by atoms with Gasteiger partial charge in [-0.3, -0.25) is 0 Å². The standard InChI is InChI=1S/C14H12ClN3/c1-9-2-4-12(17)14(6-9)18-13-5-3-10(8-16)7-11(13)15/h2-7,18H,17H2,1H3. The van der Waals surface area contributed by atoms with Crippen LogP contribution in [0.5, 0.6) is 0 Å². The molecule has 18 heavy (non-hydrogen) atoms. The third kappa shape index (κ3) is 2.55. The molecule has 0 aliphatic carbocycles. The first kappa shape index (κ1) is 12.3. The predicted octanol–water partition coefficient (Wildman–Crippen LogP) is 3.85. The molecule has 0 atom stereocenters. The van der Waals surface area contributed by atoms with E-state index in [-0.39, 0.29) is 0 Å². The Kier molecular flexibility index (Phi) is 3.40. The number of nitrogens with two attached hydrogens (primary N) is 1. The van der Waals surface area contributed by atoms with Gasteiger partial charge in [0.2, 0.25) is 0 Å². The number of nitrogens with one attached hydrogen (secondary N) is 1. The van der Waals surface area contributed by atoms with Crippen LogP contribution in [0.1, 0.15) is 11.1 Å². The third-order valence-corrected chi connectivity index (χ3v) is 2.89. The Labute approximate surface area is 111 Å². The number of rotatable bonds is 2. The summed E-state index contributed by atoms with van der Waals surface area (Å²) in [5.74, 6) is 0. The van der Waals surface area contributed by atoms with E-state index >= 15 is 0 Å². The Morgan fingerprint density at radius 3 is 2.61 bits per heavy atom. The Morgan fingerprint density at radius 1 is 1.17 bits per heavy atom. The summed E-state index contributed by atoms with van der Waals surface area (Å²) in [6.45, 7) is 1.99. The zero-order chi connectivity index (χ0) is 13.1. The average Bonchev–Trinajstić information content (AvgIpc) is 2.36. The van der Waals surface area contributed by atoms with Crippen molar-refractivity contribution in [3.05, 3.63) is 52.5 Å². The van der Waals surface area contributed by atoms with Crippen molar-refractivity contribution in [2.24, 2.45) is 0 Å². The summed E-state index contributed by atoms with van der Waals surface area (Å²) < 4.78 is 0. The van der Waals surface area contributed by atoms with Crippen LogP contribution in [-0.4, -0.2) is 0 Å². The Morgan fingerprint density at radius 2 is 1.94 bits per heavy atom. The minimum absolute atomic E-state index is 0.495. The Bertz CT molecular complexity index is 629. The van der Waals surface area contributed by atoms with Gasteiger partial charge in [0.25, 0.3) is 0 Å². The summed E-state index contributed by atoms with van der Waals surface area (Å²) in [5.41, 5.74) is 9.71. The highest BCUT2D eigenvalue weighted by atomic mass is 35.5. The van der Waals surface area contributed by atoms with Crippen LogP contribution < -0.4 is 11.1 Å². The van der Waals surface area contributed by atoms with Gasteiger partial charge in [0.05, 0.1) is 33.7 Å². The molecule has 3 N–H and O–H groups in total. The Hall–Kier alpha value is -2.18. The molecule has 0 radical (unpaired) electrons. The highest BCUT2D eigenvalue weighted by molar-refractivity contribution is 6.33. The highest BCUT2D eigenvalue weighted by Gasteiger charge is 2.04. The molecule has 3 nitrogen and oxygen atoms in total. The van der Waals surface area contributed by atoms with E-state index in [1.165, 1.54) is 0 Å². The molecule has 90 valence electrons. The summed E-state index contributed by atoms with van der Waals surface area (Å²) in [6.07, 6.45) is 0. The van der Waals surface area contributed by atoms with E-state index in [1.54, 1.807) is 18.2 Å². The number of nitrogen functional groups attached to an aromatic ring is 1. The van der Waals surface area contributed by atoms with E-state index in [2.05, 4.69) is 5.32 Å². The summed E-state index contributed by atoms with van der Waals surface area (Å²) in [5, 5.41) is 12.4. The zero-order valence-electron chi connectivity index (χ0n) is 9.87. The predicted molar refractivity (Wildman–Crippen MR) is 75.0 cm³/mol. The van der Waals surface area contributed by atoms with E-state index < -0.39 is 0 Å². The van der Waals surface area contributed by atoms with Crippen LogP contribution in [0.4, 0.5) is 17.1 Å². The van der Waals surface area contributed by atoms with Crippen molar-refractivity contribution in [1.82, 2.24) is 0 Å². The van der Waals surface area contributed by atoms with Crippen molar-refractivity contribution in [2.75, 3.05) is 11.1 Å². The molecular weight excluding hydrogens is 246 g/mol. The number of halogens is 1. The lowest BCUT2D eigenvalue weighted by Gasteiger charge is -2.11. The molecule has 2 aromatic carbocycles. The fraction of sp³-hybridized carbons (Fsp3) is 0.0714. The topological polar surface area (TPSA) is 61.8 Å². The summed E-state index contributed by atoms with van der Waals surface area (Å²) in [4.78, 5) is 0. The minimum Gasteiger partial charge on any atom is -0.397 e. The van der Waals surface area contributed by atoms with Gasteiger partial charge >= 0.3 is 0 Å². The molecule has 0 aliphatic rings. The molecule has 0 aromatic heterocycles. The number of hydrogen-bond acceptors (Lipinski definition) is 3. The van der Waals surface area contributed by atoms with Gasteiger partial charge in [-0.25, -0.2) is 0 Å². The number of aryl methyl sites for hydroxylation is 1. The first-order chi connectivity index (χ1) is 8.60. The number of nitriles is 1. The van der Waals surface area contributed by atoms with Gasteiger partial charge in [0.1, 0.15) is 0 Å². The quantitative estimate of drug-likeness (QED) is 0.804. The molecule has 2 rings (SSSR count). The van der Waals surface area contributed by atoms with E-state index in [1.807, 2.05) is 31.2 Å². The van der Waals surface area contributed by atoms with Crippen molar-refractivity contribution in [1.29, 1.82) is 5.26 Å². The maximum atomic E-state index is 8.77. The van der Waals surface area contributed by atoms with E-state index in [0.29, 0.717) is 16.3 Å². The molecule has 0 bridgehead atoms. The lowest BCUT2D eigenvalue weighted by molar-refractivity contribution is 1.44. The van der Waals surface area contributed by atoms with Crippen LogP contribution in [-0.2, 0) is 0 Å². The number of hydrogen-bond donors (Lipinski definition) is 2. The van der Waals surface area contributed by atoms with Gasteiger partial charge in [0, 0.05) is 0 Å². The van der Waals surface area contributed by atoms with Gasteiger partial charge in [-0.2, -0.15) is 5.26 Å². The first-order valence-corrected chi connectivity index (χ1v) is 5.81. The van der Waals surface area contributed by atoms with Gasteiger partial charge < -0.3 is 11.1 Å². The second kappa shape index (κ2) is 4.99. The summed E-state index contributed by atoms with van der Waals surface area (Å²) >= 11 is 6.10. The first-order valence-electron chi connectivity index (χ1n) is 5.43. The number of benzene rings is 2. The van der Waals surface area contributed by atoms with Gasteiger partial charge in [-0.15, -0.1) is 0 Å². The fourth-order valence-corrected chi connectivity index (χ4v) is 1.84.